The molecule has 1 fully saturated rings. The van der Waals surface area contributed by atoms with E-state index in [0.717, 1.165) is 19.3 Å². The van der Waals surface area contributed by atoms with Gasteiger partial charge >= 0.3 is 0 Å². The highest BCUT2D eigenvalue weighted by Crippen LogP contribution is 2.34. The van der Waals surface area contributed by atoms with Crippen molar-refractivity contribution >= 4 is 15.7 Å². The zero-order valence-electron chi connectivity index (χ0n) is 12.0. The van der Waals surface area contributed by atoms with Gasteiger partial charge < -0.3 is 10.5 Å². The van der Waals surface area contributed by atoms with Gasteiger partial charge in [0.1, 0.15) is 10.6 Å². The summed E-state index contributed by atoms with van der Waals surface area (Å²) in [6.07, 6.45) is 3.02. The van der Waals surface area contributed by atoms with Crippen molar-refractivity contribution in [3.63, 3.8) is 0 Å². The van der Waals surface area contributed by atoms with E-state index in [4.69, 9.17) is 10.5 Å². The van der Waals surface area contributed by atoms with Crippen LogP contribution >= 0.6 is 0 Å². The third-order valence-corrected chi connectivity index (χ3v) is 5.32. The van der Waals surface area contributed by atoms with Crippen LogP contribution in [0, 0.1) is 5.92 Å². The number of nitrogen functional groups attached to an aromatic ring is 1. The predicted octanol–water partition coefficient (Wildman–Crippen LogP) is 2.09. The molecule has 1 aromatic rings. The van der Waals surface area contributed by atoms with E-state index in [0.29, 0.717) is 30.4 Å². The second kappa shape index (κ2) is 6.01. The summed E-state index contributed by atoms with van der Waals surface area (Å²) in [6, 6.07) is 4.72. The number of benzene rings is 1. The summed E-state index contributed by atoms with van der Waals surface area (Å²) in [6.45, 7) is 3.09. The molecule has 0 heterocycles. The molecule has 1 aliphatic rings. The highest BCUT2D eigenvalue weighted by molar-refractivity contribution is 7.89. The average Bonchev–Trinajstić information content (AvgIpc) is 3.22. The first-order valence-electron chi connectivity index (χ1n) is 6.92. The van der Waals surface area contributed by atoms with Crippen molar-refractivity contribution in [3.8, 4) is 5.75 Å². The lowest BCUT2D eigenvalue weighted by atomic mass is 10.3. The van der Waals surface area contributed by atoms with Gasteiger partial charge in [-0.05, 0) is 43.4 Å². The van der Waals surface area contributed by atoms with Crippen molar-refractivity contribution in [1.29, 1.82) is 0 Å². The number of anilines is 1. The minimum Gasteiger partial charge on any atom is -0.495 e. The van der Waals surface area contributed by atoms with Crippen LogP contribution in [0.15, 0.2) is 23.1 Å². The van der Waals surface area contributed by atoms with Crippen LogP contribution in [-0.4, -0.2) is 32.9 Å². The van der Waals surface area contributed by atoms with Crippen molar-refractivity contribution < 1.29 is 13.2 Å². The Hall–Kier alpha value is -1.27. The maximum Gasteiger partial charge on any atom is 0.246 e. The molecule has 0 saturated heterocycles. The summed E-state index contributed by atoms with van der Waals surface area (Å²) in [7, 11) is -2.09. The number of ether oxygens (including phenoxy) is 1. The fourth-order valence-electron chi connectivity index (χ4n) is 2.18. The van der Waals surface area contributed by atoms with Crippen molar-refractivity contribution in [2.24, 2.45) is 5.92 Å². The largest absolute Gasteiger partial charge is 0.495 e. The molecule has 0 unspecified atom stereocenters. The maximum absolute atomic E-state index is 12.8. The van der Waals surface area contributed by atoms with E-state index in [2.05, 4.69) is 0 Å². The molecule has 1 saturated carbocycles. The minimum atomic E-state index is -3.56. The molecule has 0 bridgehead atoms. The highest BCUT2D eigenvalue weighted by atomic mass is 32.2. The zero-order chi connectivity index (χ0) is 14.8. The van der Waals surface area contributed by atoms with Gasteiger partial charge in [-0.15, -0.1) is 0 Å². The van der Waals surface area contributed by atoms with Crippen LogP contribution in [0.2, 0.25) is 0 Å². The van der Waals surface area contributed by atoms with Gasteiger partial charge in [0.2, 0.25) is 10.0 Å². The molecular formula is C14H22N2O3S. The van der Waals surface area contributed by atoms with E-state index in [1.165, 1.54) is 13.2 Å². The number of hydrogen-bond acceptors (Lipinski definition) is 4. The van der Waals surface area contributed by atoms with Crippen molar-refractivity contribution in [3.05, 3.63) is 18.2 Å². The first-order valence-corrected chi connectivity index (χ1v) is 8.36. The van der Waals surface area contributed by atoms with Crippen LogP contribution in [0.3, 0.4) is 0 Å². The lowest BCUT2D eigenvalue weighted by Crippen LogP contribution is -2.34. The third-order valence-electron chi connectivity index (χ3n) is 3.44. The number of nitrogens with two attached hydrogens (primary N) is 1. The first-order chi connectivity index (χ1) is 9.48. The molecule has 112 valence electrons. The van der Waals surface area contributed by atoms with Gasteiger partial charge in [-0.2, -0.15) is 4.31 Å². The van der Waals surface area contributed by atoms with Gasteiger partial charge in [-0.3, -0.25) is 0 Å². The summed E-state index contributed by atoms with van der Waals surface area (Å²) >= 11 is 0. The molecule has 6 heteroatoms. The lowest BCUT2D eigenvalue weighted by molar-refractivity contribution is 0.381. The first kappa shape index (κ1) is 15.1. The van der Waals surface area contributed by atoms with Gasteiger partial charge in [0.25, 0.3) is 0 Å². The smallest absolute Gasteiger partial charge is 0.246 e. The third kappa shape index (κ3) is 3.24. The normalized spacial score (nSPS) is 15.6. The second-order valence-corrected chi connectivity index (χ2v) is 7.12. The Morgan fingerprint density at radius 3 is 2.65 bits per heavy atom. The molecular weight excluding hydrogens is 276 g/mol. The van der Waals surface area contributed by atoms with Gasteiger partial charge in [0.15, 0.2) is 0 Å². The van der Waals surface area contributed by atoms with Crippen molar-refractivity contribution in [1.82, 2.24) is 4.31 Å². The molecule has 1 aliphatic carbocycles. The molecule has 0 spiro atoms. The van der Waals surface area contributed by atoms with E-state index >= 15 is 0 Å². The van der Waals surface area contributed by atoms with Crippen molar-refractivity contribution in [2.45, 2.75) is 31.1 Å². The fraction of sp³-hybridized carbons (Fsp3) is 0.571. The molecule has 1 aromatic carbocycles. The van der Waals surface area contributed by atoms with E-state index in [-0.39, 0.29) is 4.90 Å². The molecule has 0 amide bonds. The fourth-order valence-corrected chi connectivity index (χ4v) is 3.98. The van der Waals surface area contributed by atoms with Gasteiger partial charge in [0, 0.05) is 18.8 Å². The molecule has 20 heavy (non-hydrogen) atoms. The van der Waals surface area contributed by atoms with Crippen molar-refractivity contribution in [2.75, 3.05) is 25.9 Å². The van der Waals surface area contributed by atoms with Crippen LogP contribution in [-0.2, 0) is 10.0 Å². The number of hydrogen-bond donors (Lipinski definition) is 1. The number of rotatable bonds is 7. The Labute approximate surface area is 120 Å². The predicted molar refractivity (Wildman–Crippen MR) is 79.2 cm³/mol. The quantitative estimate of drug-likeness (QED) is 0.782. The SMILES string of the molecule is CCCN(CC1CC1)S(=O)(=O)c1cc(N)ccc1OC. The highest BCUT2D eigenvalue weighted by Gasteiger charge is 2.32. The molecule has 5 nitrogen and oxygen atoms in total. The topological polar surface area (TPSA) is 72.6 Å². The summed E-state index contributed by atoms with van der Waals surface area (Å²) in [4.78, 5) is 0.161. The molecule has 0 aromatic heterocycles. The summed E-state index contributed by atoms with van der Waals surface area (Å²) in [5.74, 6) is 0.847. The lowest BCUT2D eigenvalue weighted by Gasteiger charge is -2.22. The van der Waals surface area contributed by atoms with Crippen LogP contribution < -0.4 is 10.5 Å². The Morgan fingerprint density at radius 2 is 2.10 bits per heavy atom. The van der Waals surface area contributed by atoms with E-state index in [1.54, 1.807) is 16.4 Å². The van der Waals surface area contributed by atoms with E-state index < -0.39 is 10.0 Å². The molecule has 2 rings (SSSR count). The molecule has 2 N–H and O–H groups in total. The van der Waals surface area contributed by atoms with Crippen LogP contribution in [0.25, 0.3) is 0 Å². The monoisotopic (exact) mass is 298 g/mol. The number of nitrogens with zero attached hydrogens (tertiary/aromatic N) is 1. The van der Waals surface area contributed by atoms with Crippen LogP contribution in [0.1, 0.15) is 26.2 Å². The summed E-state index contributed by atoms with van der Waals surface area (Å²) in [5.41, 5.74) is 6.15. The van der Waals surface area contributed by atoms with E-state index in [1.807, 2.05) is 6.92 Å². The number of sulfonamides is 1. The minimum absolute atomic E-state index is 0.161. The standard InChI is InChI=1S/C14H22N2O3S/c1-3-8-16(10-11-4-5-11)20(17,18)14-9-12(15)6-7-13(14)19-2/h6-7,9,11H,3-5,8,10,15H2,1-2H3. The number of methoxy groups -OCH3 is 1. The van der Waals surface area contributed by atoms with E-state index in [9.17, 15) is 8.42 Å². The Kier molecular flexibility index (Phi) is 4.55. The van der Waals surface area contributed by atoms with Crippen LogP contribution in [0.4, 0.5) is 5.69 Å². The van der Waals surface area contributed by atoms with Gasteiger partial charge in [-0.25, -0.2) is 8.42 Å². The average molecular weight is 298 g/mol. The van der Waals surface area contributed by atoms with Gasteiger partial charge in [0.05, 0.1) is 7.11 Å². The summed E-state index contributed by atoms with van der Waals surface area (Å²) < 4.78 is 32.3. The molecule has 0 radical (unpaired) electrons. The Morgan fingerprint density at radius 1 is 1.40 bits per heavy atom. The van der Waals surface area contributed by atoms with Crippen LogP contribution in [0.5, 0.6) is 5.75 Å². The molecule has 0 atom stereocenters. The maximum atomic E-state index is 12.8. The van der Waals surface area contributed by atoms with Gasteiger partial charge in [-0.1, -0.05) is 6.92 Å². The second-order valence-electron chi connectivity index (χ2n) is 5.22. The zero-order valence-corrected chi connectivity index (χ0v) is 12.8. The Bertz CT molecular complexity index is 568. The summed E-state index contributed by atoms with van der Waals surface area (Å²) in [5, 5.41) is 0. The molecule has 0 aliphatic heterocycles. The Balaban J connectivity index is 2.37.